The molecular weight excluding hydrogens is 278 g/mol. The normalized spacial score (nSPS) is 11.0. The molecule has 1 N–H and O–H groups in total. The van der Waals surface area contributed by atoms with Gasteiger partial charge < -0.3 is 5.32 Å². The van der Waals surface area contributed by atoms with Crippen molar-refractivity contribution in [2.45, 2.75) is 26.9 Å². The van der Waals surface area contributed by atoms with Gasteiger partial charge in [0.15, 0.2) is 0 Å². The number of aromatic nitrogens is 2. The summed E-state index contributed by atoms with van der Waals surface area (Å²) in [6.07, 6.45) is 1.95. The fourth-order valence-corrected chi connectivity index (χ4v) is 3.30. The zero-order chi connectivity index (χ0) is 14.7. The van der Waals surface area contributed by atoms with Crippen molar-refractivity contribution in [1.82, 2.24) is 14.9 Å². The van der Waals surface area contributed by atoms with Gasteiger partial charge in [-0.05, 0) is 47.9 Å². The number of nitrogens with zero attached hydrogens (tertiary/aromatic N) is 2. The number of nitrogens with one attached hydrogen (secondary N) is 1. The van der Waals surface area contributed by atoms with Gasteiger partial charge in [-0.2, -0.15) is 11.3 Å². The molecule has 4 heteroatoms. The van der Waals surface area contributed by atoms with Crippen molar-refractivity contribution in [3.05, 3.63) is 69.9 Å². The van der Waals surface area contributed by atoms with Crippen LogP contribution in [0.3, 0.4) is 0 Å². The second-order valence-electron chi connectivity index (χ2n) is 5.15. The van der Waals surface area contributed by atoms with Crippen molar-refractivity contribution in [3.63, 3.8) is 0 Å². The lowest BCUT2D eigenvalue weighted by Gasteiger charge is -2.11. The zero-order valence-corrected chi connectivity index (χ0v) is 13.2. The van der Waals surface area contributed by atoms with Crippen molar-refractivity contribution in [2.24, 2.45) is 0 Å². The van der Waals surface area contributed by atoms with Gasteiger partial charge in [0.1, 0.15) is 5.82 Å². The number of thiophene rings is 1. The van der Waals surface area contributed by atoms with Crippen LogP contribution in [0.15, 0.2) is 47.3 Å². The summed E-state index contributed by atoms with van der Waals surface area (Å²) in [4.78, 5) is 4.45. The maximum atomic E-state index is 4.45. The molecule has 0 atom stereocenters. The third kappa shape index (κ3) is 3.06. The molecule has 3 nitrogen and oxygen atoms in total. The Morgan fingerprint density at radius 1 is 1.10 bits per heavy atom. The molecule has 3 aromatic rings. The van der Waals surface area contributed by atoms with E-state index in [-0.39, 0.29) is 0 Å². The molecule has 0 fully saturated rings. The fraction of sp³-hybridized carbons (Fsp3) is 0.235. The van der Waals surface area contributed by atoms with Crippen LogP contribution >= 0.6 is 11.3 Å². The summed E-state index contributed by atoms with van der Waals surface area (Å²) < 4.78 is 2.20. The van der Waals surface area contributed by atoms with Gasteiger partial charge in [-0.3, -0.25) is 4.57 Å². The number of hydrogen-bond acceptors (Lipinski definition) is 3. The van der Waals surface area contributed by atoms with Gasteiger partial charge in [0.25, 0.3) is 0 Å². The molecule has 0 radical (unpaired) electrons. The standard InChI is InChI=1S/C17H19N3S/c1-13-11-21-12-15(13)8-18-9-17-10-19-14(2)20(17)16-6-4-3-5-7-16/h3-7,10-12,18H,8-9H2,1-2H3. The number of aryl methyl sites for hydroxylation is 2. The van der Waals surface area contributed by atoms with Crippen LogP contribution in [0.2, 0.25) is 0 Å². The summed E-state index contributed by atoms with van der Waals surface area (Å²) in [6.45, 7) is 5.91. The van der Waals surface area contributed by atoms with Crippen LogP contribution in [-0.2, 0) is 13.1 Å². The molecule has 0 aliphatic carbocycles. The summed E-state index contributed by atoms with van der Waals surface area (Å²) >= 11 is 1.76. The Morgan fingerprint density at radius 2 is 1.90 bits per heavy atom. The molecule has 0 amide bonds. The van der Waals surface area contributed by atoms with Gasteiger partial charge in [0, 0.05) is 18.8 Å². The number of benzene rings is 1. The number of rotatable bonds is 5. The molecule has 2 heterocycles. The second kappa shape index (κ2) is 6.24. The predicted octanol–water partition coefficient (Wildman–Crippen LogP) is 3.84. The van der Waals surface area contributed by atoms with Crippen LogP contribution in [0.1, 0.15) is 22.6 Å². The Hall–Kier alpha value is -1.91. The highest BCUT2D eigenvalue weighted by molar-refractivity contribution is 7.08. The fourth-order valence-electron chi connectivity index (χ4n) is 2.44. The lowest BCUT2D eigenvalue weighted by atomic mass is 10.2. The molecule has 0 unspecified atom stereocenters. The van der Waals surface area contributed by atoms with E-state index in [1.54, 1.807) is 11.3 Å². The molecule has 3 rings (SSSR count). The van der Waals surface area contributed by atoms with Crippen LogP contribution in [0.4, 0.5) is 0 Å². The number of para-hydroxylation sites is 1. The first-order chi connectivity index (χ1) is 10.3. The quantitative estimate of drug-likeness (QED) is 0.775. The van der Waals surface area contributed by atoms with Crippen molar-refractivity contribution in [3.8, 4) is 5.69 Å². The summed E-state index contributed by atoms with van der Waals surface area (Å²) in [7, 11) is 0. The Labute approximate surface area is 129 Å². The van der Waals surface area contributed by atoms with Gasteiger partial charge in [0.2, 0.25) is 0 Å². The lowest BCUT2D eigenvalue weighted by Crippen LogP contribution is -2.15. The van der Waals surface area contributed by atoms with Gasteiger partial charge in [-0.25, -0.2) is 4.98 Å². The molecule has 1 aromatic carbocycles. The summed E-state index contributed by atoms with van der Waals surface area (Å²) in [5, 5.41) is 7.91. The van der Waals surface area contributed by atoms with E-state index in [1.165, 1.54) is 16.8 Å². The molecule has 108 valence electrons. The Kier molecular flexibility index (Phi) is 4.18. The van der Waals surface area contributed by atoms with E-state index in [0.717, 1.165) is 24.6 Å². The molecule has 0 saturated carbocycles. The van der Waals surface area contributed by atoms with Crippen LogP contribution in [0.25, 0.3) is 5.69 Å². The highest BCUT2D eigenvalue weighted by Crippen LogP contribution is 2.16. The predicted molar refractivity (Wildman–Crippen MR) is 87.9 cm³/mol. The van der Waals surface area contributed by atoms with E-state index in [1.807, 2.05) is 19.2 Å². The monoisotopic (exact) mass is 297 g/mol. The molecule has 0 aliphatic heterocycles. The molecule has 0 spiro atoms. The lowest BCUT2D eigenvalue weighted by molar-refractivity contribution is 0.666. The topological polar surface area (TPSA) is 29.9 Å². The van der Waals surface area contributed by atoms with Crippen LogP contribution in [0, 0.1) is 13.8 Å². The van der Waals surface area contributed by atoms with Crippen LogP contribution in [-0.4, -0.2) is 9.55 Å². The number of imidazole rings is 1. The SMILES string of the molecule is Cc1cscc1CNCc1cnc(C)n1-c1ccccc1. The van der Waals surface area contributed by atoms with E-state index in [0.29, 0.717) is 0 Å². The van der Waals surface area contributed by atoms with Crippen LogP contribution < -0.4 is 5.32 Å². The first-order valence-corrected chi connectivity index (χ1v) is 8.01. The average molecular weight is 297 g/mol. The first kappa shape index (κ1) is 14.0. The van der Waals surface area contributed by atoms with Gasteiger partial charge >= 0.3 is 0 Å². The van der Waals surface area contributed by atoms with Gasteiger partial charge in [-0.15, -0.1) is 0 Å². The maximum absolute atomic E-state index is 4.45. The Morgan fingerprint density at radius 3 is 2.62 bits per heavy atom. The van der Waals surface area contributed by atoms with Gasteiger partial charge in [-0.1, -0.05) is 18.2 Å². The highest BCUT2D eigenvalue weighted by Gasteiger charge is 2.08. The minimum Gasteiger partial charge on any atom is -0.307 e. The van der Waals surface area contributed by atoms with Crippen molar-refractivity contribution in [2.75, 3.05) is 0 Å². The van der Waals surface area contributed by atoms with E-state index >= 15 is 0 Å². The minimum absolute atomic E-state index is 0.811. The van der Waals surface area contributed by atoms with Crippen molar-refractivity contribution < 1.29 is 0 Å². The van der Waals surface area contributed by atoms with Crippen LogP contribution in [0.5, 0.6) is 0 Å². The third-order valence-corrected chi connectivity index (χ3v) is 4.52. The minimum atomic E-state index is 0.811. The van der Waals surface area contributed by atoms with E-state index in [4.69, 9.17) is 0 Å². The smallest absolute Gasteiger partial charge is 0.110 e. The summed E-state index contributed by atoms with van der Waals surface area (Å²) in [6, 6.07) is 10.4. The molecule has 0 bridgehead atoms. The third-order valence-electron chi connectivity index (χ3n) is 3.61. The molecule has 21 heavy (non-hydrogen) atoms. The van der Waals surface area contributed by atoms with Crippen molar-refractivity contribution >= 4 is 11.3 Å². The largest absolute Gasteiger partial charge is 0.307 e. The molecule has 2 aromatic heterocycles. The molecular formula is C17H19N3S. The highest BCUT2D eigenvalue weighted by atomic mass is 32.1. The number of hydrogen-bond donors (Lipinski definition) is 1. The second-order valence-corrected chi connectivity index (χ2v) is 5.89. The zero-order valence-electron chi connectivity index (χ0n) is 12.3. The average Bonchev–Trinajstić information content (AvgIpc) is 3.07. The van der Waals surface area contributed by atoms with E-state index < -0.39 is 0 Å². The first-order valence-electron chi connectivity index (χ1n) is 7.06. The Balaban J connectivity index is 1.73. The maximum Gasteiger partial charge on any atom is 0.110 e. The van der Waals surface area contributed by atoms with Gasteiger partial charge in [0.05, 0.1) is 11.9 Å². The van der Waals surface area contributed by atoms with E-state index in [2.05, 4.69) is 56.8 Å². The molecule has 0 aliphatic rings. The summed E-state index contributed by atoms with van der Waals surface area (Å²) in [5.74, 6) is 1.02. The van der Waals surface area contributed by atoms with Crippen molar-refractivity contribution in [1.29, 1.82) is 0 Å². The van der Waals surface area contributed by atoms with E-state index in [9.17, 15) is 0 Å². The summed E-state index contributed by atoms with van der Waals surface area (Å²) in [5.41, 5.74) is 5.09. The Bertz CT molecular complexity index is 713. The molecule has 0 saturated heterocycles.